The molecule has 2 heterocycles. The molecule has 1 fully saturated rings. The Kier molecular flexibility index (Phi) is 4.45. The van der Waals surface area contributed by atoms with Gasteiger partial charge in [0.05, 0.1) is 0 Å². The summed E-state index contributed by atoms with van der Waals surface area (Å²) in [7, 11) is 0. The first-order valence-corrected chi connectivity index (χ1v) is 8.95. The fourth-order valence-corrected chi connectivity index (χ4v) is 4.10. The lowest BCUT2D eigenvalue weighted by Crippen LogP contribution is -2.54. The number of hydrogen-bond acceptors (Lipinski definition) is 2. The van der Waals surface area contributed by atoms with Crippen LogP contribution < -0.4 is 0 Å². The third-order valence-electron chi connectivity index (χ3n) is 5.49. The maximum Gasteiger partial charge on any atom is 0.0264 e. The van der Waals surface area contributed by atoms with E-state index in [1.807, 2.05) is 0 Å². The van der Waals surface area contributed by atoms with Crippen molar-refractivity contribution >= 4 is 0 Å². The van der Waals surface area contributed by atoms with Gasteiger partial charge >= 0.3 is 0 Å². The quantitative estimate of drug-likeness (QED) is 0.860. The molecule has 120 valence electrons. The SMILES string of the molecule is c1ccc(CCN2CCN3CCc4ccccc4CC3C2)cc1. The van der Waals surface area contributed by atoms with Crippen LogP contribution in [0, 0.1) is 0 Å². The van der Waals surface area contributed by atoms with Gasteiger partial charge in [0, 0.05) is 38.8 Å². The Morgan fingerprint density at radius 1 is 0.826 bits per heavy atom. The van der Waals surface area contributed by atoms with E-state index >= 15 is 0 Å². The predicted octanol–water partition coefficient (Wildman–Crippen LogP) is 3.01. The topological polar surface area (TPSA) is 6.48 Å². The molecule has 2 heteroatoms. The molecule has 1 atom stereocenters. The Labute approximate surface area is 139 Å². The summed E-state index contributed by atoms with van der Waals surface area (Å²) in [5.74, 6) is 0. The number of rotatable bonds is 3. The van der Waals surface area contributed by atoms with Crippen molar-refractivity contribution in [2.45, 2.75) is 25.3 Å². The Hall–Kier alpha value is -1.64. The summed E-state index contributed by atoms with van der Waals surface area (Å²) in [6.07, 6.45) is 3.61. The summed E-state index contributed by atoms with van der Waals surface area (Å²) >= 11 is 0. The van der Waals surface area contributed by atoms with E-state index in [2.05, 4.69) is 64.4 Å². The summed E-state index contributed by atoms with van der Waals surface area (Å²) < 4.78 is 0. The summed E-state index contributed by atoms with van der Waals surface area (Å²) in [6.45, 7) is 6.10. The normalized spacial score (nSPS) is 22.2. The maximum atomic E-state index is 2.72. The minimum absolute atomic E-state index is 0.697. The van der Waals surface area contributed by atoms with Gasteiger partial charge < -0.3 is 4.90 Å². The number of hydrogen-bond donors (Lipinski definition) is 0. The fourth-order valence-electron chi connectivity index (χ4n) is 4.10. The van der Waals surface area contributed by atoms with Gasteiger partial charge in [-0.15, -0.1) is 0 Å². The largest absolute Gasteiger partial charge is 0.300 e. The number of nitrogens with zero attached hydrogens (tertiary/aromatic N) is 2. The average Bonchev–Trinajstić information content (AvgIpc) is 2.79. The van der Waals surface area contributed by atoms with Gasteiger partial charge in [-0.1, -0.05) is 54.6 Å². The molecule has 4 rings (SSSR count). The second-order valence-electron chi connectivity index (χ2n) is 6.95. The maximum absolute atomic E-state index is 2.72. The van der Waals surface area contributed by atoms with Crippen LogP contribution in [0.2, 0.25) is 0 Å². The van der Waals surface area contributed by atoms with Gasteiger partial charge in [-0.25, -0.2) is 0 Å². The highest BCUT2D eigenvalue weighted by atomic mass is 15.3. The van der Waals surface area contributed by atoms with Crippen LogP contribution in [0.4, 0.5) is 0 Å². The smallest absolute Gasteiger partial charge is 0.0264 e. The zero-order valence-electron chi connectivity index (χ0n) is 13.8. The van der Waals surface area contributed by atoms with E-state index < -0.39 is 0 Å². The van der Waals surface area contributed by atoms with Crippen LogP contribution in [0.15, 0.2) is 54.6 Å². The van der Waals surface area contributed by atoms with Gasteiger partial charge in [-0.2, -0.15) is 0 Å². The van der Waals surface area contributed by atoms with E-state index in [-0.39, 0.29) is 0 Å². The van der Waals surface area contributed by atoms with Crippen molar-refractivity contribution < 1.29 is 0 Å². The monoisotopic (exact) mass is 306 g/mol. The van der Waals surface area contributed by atoms with E-state index in [0.717, 1.165) is 0 Å². The second kappa shape index (κ2) is 6.86. The number of piperazine rings is 1. The molecule has 1 saturated heterocycles. The van der Waals surface area contributed by atoms with Crippen LogP contribution in [0.1, 0.15) is 16.7 Å². The molecular formula is C21H26N2. The molecule has 2 aromatic carbocycles. The fraction of sp³-hybridized carbons (Fsp3) is 0.429. The first kappa shape index (κ1) is 14.9. The molecular weight excluding hydrogens is 280 g/mol. The van der Waals surface area contributed by atoms with Crippen molar-refractivity contribution in [1.82, 2.24) is 9.80 Å². The Balaban J connectivity index is 1.39. The van der Waals surface area contributed by atoms with E-state index in [1.54, 1.807) is 11.1 Å². The molecule has 23 heavy (non-hydrogen) atoms. The van der Waals surface area contributed by atoms with Crippen molar-refractivity contribution in [3.05, 3.63) is 71.3 Å². The molecule has 0 amide bonds. The summed E-state index contributed by atoms with van der Waals surface area (Å²) in [4.78, 5) is 5.39. The van der Waals surface area contributed by atoms with Gasteiger partial charge in [0.2, 0.25) is 0 Å². The number of benzene rings is 2. The molecule has 0 N–H and O–H groups in total. The standard InChI is InChI=1S/C21H26N2/c1-2-6-18(7-3-1)10-12-22-14-15-23-13-11-19-8-4-5-9-20(19)16-21(23)17-22/h1-9,21H,10-17H2. The highest BCUT2D eigenvalue weighted by molar-refractivity contribution is 5.29. The summed E-state index contributed by atoms with van der Waals surface area (Å²) in [5, 5.41) is 0. The van der Waals surface area contributed by atoms with Crippen molar-refractivity contribution in [3.63, 3.8) is 0 Å². The first-order valence-electron chi connectivity index (χ1n) is 8.95. The lowest BCUT2D eigenvalue weighted by atomic mass is 9.99. The summed E-state index contributed by atoms with van der Waals surface area (Å²) in [6, 6.07) is 20.6. The molecule has 0 aliphatic carbocycles. The predicted molar refractivity (Wildman–Crippen MR) is 95.8 cm³/mol. The zero-order chi connectivity index (χ0) is 15.5. The van der Waals surface area contributed by atoms with Crippen LogP contribution in [-0.4, -0.2) is 48.6 Å². The highest BCUT2D eigenvalue weighted by Gasteiger charge is 2.29. The van der Waals surface area contributed by atoms with E-state index in [4.69, 9.17) is 0 Å². The second-order valence-corrected chi connectivity index (χ2v) is 6.95. The molecule has 2 aliphatic heterocycles. The Morgan fingerprint density at radius 2 is 1.61 bits per heavy atom. The van der Waals surface area contributed by atoms with Crippen LogP contribution >= 0.6 is 0 Å². The van der Waals surface area contributed by atoms with Gasteiger partial charge in [0.15, 0.2) is 0 Å². The number of fused-ring (bicyclic) bond motifs is 2. The van der Waals surface area contributed by atoms with Crippen LogP contribution in [0.25, 0.3) is 0 Å². The van der Waals surface area contributed by atoms with Gasteiger partial charge in [0.1, 0.15) is 0 Å². The zero-order valence-corrected chi connectivity index (χ0v) is 13.8. The van der Waals surface area contributed by atoms with Crippen LogP contribution in [0.5, 0.6) is 0 Å². The minimum Gasteiger partial charge on any atom is -0.300 e. The molecule has 2 nitrogen and oxygen atoms in total. The Bertz CT molecular complexity index is 637. The van der Waals surface area contributed by atoms with Crippen molar-refractivity contribution in [3.8, 4) is 0 Å². The van der Waals surface area contributed by atoms with Crippen LogP contribution in [-0.2, 0) is 19.3 Å². The first-order chi connectivity index (χ1) is 11.4. The molecule has 2 aliphatic rings. The molecule has 1 unspecified atom stereocenters. The minimum atomic E-state index is 0.697. The molecule has 2 aromatic rings. The van der Waals surface area contributed by atoms with Gasteiger partial charge in [0.25, 0.3) is 0 Å². The summed E-state index contributed by atoms with van der Waals surface area (Å²) in [5.41, 5.74) is 4.60. The van der Waals surface area contributed by atoms with Crippen molar-refractivity contribution in [2.75, 3.05) is 32.7 Å². The van der Waals surface area contributed by atoms with E-state index in [9.17, 15) is 0 Å². The van der Waals surface area contributed by atoms with Gasteiger partial charge in [-0.05, 0) is 36.0 Å². The van der Waals surface area contributed by atoms with Crippen molar-refractivity contribution in [2.24, 2.45) is 0 Å². The molecule has 0 saturated carbocycles. The Morgan fingerprint density at radius 3 is 2.48 bits per heavy atom. The molecule has 0 spiro atoms. The molecule has 0 radical (unpaired) electrons. The average molecular weight is 306 g/mol. The third-order valence-corrected chi connectivity index (χ3v) is 5.49. The highest BCUT2D eigenvalue weighted by Crippen LogP contribution is 2.22. The lowest BCUT2D eigenvalue weighted by molar-refractivity contribution is 0.0791. The van der Waals surface area contributed by atoms with Crippen molar-refractivity contribution in [1.29, 1.82) is 0 Å². The third kappa shape index (κ3) is 3.49. The van der Waals surface area contributed by atoms with Gasteiger partial charge in [-0.3, -0.25) is 4.90 Å². The van der Waals surface area contributed by atoms with E-state index in [0.29, 0.717) is 6.04 Å². The van der Waals surface area contributed by atoms with Crippen LogP contribution in [0.3, 0.4) is 0 Å². The van der Waals surface area contributed by atoms with E-state index in [1.165, 1.54) is 57.5 Å². The molecule has 0 bridgehead atoms. The lowest BCUT2D eigenvalue weighted by Gasteiger charge is -2.40. The molecule has 0 aromatic heterocycles.